The standard InChI is InChI=1S/C14H13F3N4O3/c1-20-7-6-18-12(20)4-5-19-13(22)10-3-2-9(14(15,16)17)8-11(10)21(23)24/h2-3,6-8H,4-5H2,1H3,(H,19,22). The molecule has 24 heavy (non-hydrogen) atoms. The second-order valence-electron chi connectivity index (χ2n) is 4.95. The van der Waals surface area contributed by atoms with Crippen molar-refractivity contribution in [2.75, 3.05) is 6.54 Å². The highest BCUT2D eigenvalue weighted by atomic mass is 19.4. The summed E-state index contributed by atoms with van der Waals surface area (Å²) in [4.78, 5) is 26.0. The highest BCUT2D eigenvalue weighted by Crippen LogP contribution is 2.32. The third kappa shape index (κ3) is 3.89. The molecule has 1 amide bonds. The molecule has 0 aliphatic rings. The fraction of sp³-hybridized carbons (Fsp3) is 0.286. The maximum absolute atomic E-state index is 12.6. The number of amides is 1. The number of carbonyl (C=O) groups is 1. The van der Waals surface area contributed by atoms with Gasteiger partial charge in [-0.3, -0.25) is 14.9 Å². The largest absolute Gasteiger partial charge is 0.416 e. The summed E-state index contributed by atoms with van der Waals surface area (Å²) in [6.45, 7) is 0.141. The Hall–Kier alpha value is -2.91. The Morgan fingerprint density at radius 3 is 2.67 bits per heavy atom. The van der Waals surface area contributed by atoms with Gasteiger partial charge in [0.05, 0.1) is 10.5 Å². The van der Waals surface area contributed by atoms with Crippen LogP contribution in [0.5, 0.6) is 0 Å². The van der Waals surface area contributed by atoms with Gasteiger partial charge in [0.15, 0.2) is 0 Å². The van der Waals surface area contributed by atoms with Gasteiger partial charge in [-0.15, -0.1) is 0 Å². The van der Waals surface area contributed by atoms with Crippen molar-refractivity contribution in [2.45, 2.75) is 12.6 Å². The summed E-state index contributed by atoms with van der Waals surface area (Å²) in [5.74, 6) is -0.123. The van der Waals surface area contributed by atoms with Crippen molar-refractivity contribution in [2.24, 2.45) is 7.05 Å². The van der Waals surface area contributed by atoms with E-state index in [1.165, 1.54) is 0 Å². The van der Waals surface area contributed by atoms with Crippen LogP contribution in [0.25, 0.3) is 0 Å². The summed E-state index contributed by atoms with van der Waals surface area (Å²) in [5, 5.41) is 13.4. The number of hydrogen-bond donors (Lipinski definition) is 1. The molecule has 0 aliphatic heterocycles. The fourth-order valence-electron chi connectivity index (χ4n) is 2.07. The lowest BCUT2D eigenvalue weighted by molar-refractivity contribution is -0.385. The summed E-state index contributed by atoms with van der Waals surface area (Å²) in [5.41, 5.74) is -2.49. The molecule has 1 heterocycles. The summed E-state index contributed by atoms with van der Waals surface area (Å²) in [6.07, 6.45) is -1.04. The average molecular weight is 342 g/mol. The minimum Gasteiger partial charge on any atom is -0.351 e. The van der Waals surface area contributed by atoms with Crippen LogP contribution in [0.3, 0.4) is 0 Å². The lowest BCUT2D eigenvalue weighted by Gasteiger charge is -2.09. The molecule has 2 rings (SSSR count). The third-order valence-corrected chi connectivity index (χ3v) is 3.32. The first-order valence-electron chi connectivity index (χ1n) is 6.80. The van der Waals surface area contributed by atoms with Gasteiger partial charge in [-0.1, -0.05) is 0 Å². The van der Waals surface area contributed by atoms with Gasteiger partial charge < -0.3 is 9.88 Å². The van der Waals surface area contributed by atoms with Crippen LogP contribution in [-0.2, 0) is 19.6 Å². The van der Waals surface area contributed by atoms with Gasteiger partial charge in [-0.25, -0.2) is 4.98 Å². The van der Waals surface area contributed by atoms with Gasteiger partial charge in [0.25, 0.3) is 11.6 Å². The zero-order valence-electron chi connectivity index (χ0n) is 12.5. The van der Waals surface area contributed by atoms with Gasteiger partial charge in [0, 0.05) is 38.5 Å². The van der Waals surface area contributed by atoms with Crippen molar-refractivity contribution < 1.29 is 22.9 Å². The van der Waals surface area contributed by atoms with Crippen molar-refractivity contribution in [1.29, 1.82) is 0 Å². The first kappa shape index (κ1) is 17.4. The molecule has 0 saturated heterocycles. The second-order valence-corrected chi connectivity index (χ2v) is 4.95. The van der Waals surface area contributed by atoms with Crippen LogP contribution in [0.1, 0.15) is 21.7 Å². The van der Waals surface area contributed by atoms with E-state index >= 15 is 0 Å². The van der Waals surface area contributed by atoms with E-state index in [4.69, 9.17) is 0 Å². The Bertz CT molecular complexity index is 771. The summed E-state index contributed by atoms with van der Waals surface area (Å²) in [7, 11) is 1.77. The van der Waals surface area contributed by atoms with Gasteiger partial charge in [0.2, 0.25) is 0 Å². The number of nitrogens with zero attached hydrogens (tertiary/aromatic N) is 3. The number of rotatable bonds is 5. The maximum Gasteiger partial charge on any atom is 0.416 e. The van der Waals surface area contributed by atoms with E-state index in [-0.39, 0.29) is 6.54 Å². The number of aromatic nitrogens is 2. The van der Waals surface area contributed by atoms with Crippen LogP contribution in [0.15, 0.2) is 30.6 Å². The van der Waals surface area contributed by atoms with E-state index in [1.54, 1.807) is 24.0 Å². The van der Waals surface area contributed by atoms with Gasteiger partial charge in [-0.2, -0.15) is 13.2 Å². The highest BCUT2D eigenvalue weighted by Gasteiger charge is 2.33. The third-order valence-electron chi connectivity index (χ3n) is 3.32. The molecule has 0 radical (unpaired) electrons. The number of alkyl halides is 3. The topological polar surface area (TPSA) is 90.1 Å². The van der Waals surface area contributed by atoms with Gasteiger partial charge in [0.1, 0.15) is 11.4 Å². The molecular formula is C14H13F3N4O3. The van der Waals surface area contributed by atoms with Crippen LogP contribution in [0.2, 0.25) is 0 Å². The molecule has 0 fully saturated rings. The number of carbonyl (C=O) groups excluding carboxylic acids is 1. The van der Waals surface area contributed by atoms with E-state index in [2.05, 4.69) is 10.3 Å². The van der Waals surface area contributed by atoms with Gasteiger partial charge >= 0.3 is 6.18 Å². The summed E-state index contributed by atoms with van der Waals surface area (Å²) in [6, 6.07) is 1.80. The molecule has 10 heteroatoms. The van der Waals surface area contributed by atoms with Crippen molar-refractivity contribution >= 4 is 11.6 Å². The predicted octanol–water partition coefficient (Wildman–Crippen LogP) is 2.32. The fourth-order valence-corrected chi connectivity index (χ4v) is 2.07. The molecule has 1 N–H and O–H groups in total. The molecule has 2 aromatic rings. The molecule has 0 aliphatic carbocycles. The molecule has 1 aromatic heterocycles. The molecule has 1 aromatic carbocycles. The first-order valence-corrected chi connectivity index (χ1v) is 6.80. The highest BCUT2D eigenvalue weighted by molar-refractivity contribution is 5.98. The van der Waals surface area contributed by atoms with Crippen molar-refractivity contribution in [3.05, 3.63) is 57.7 Å². The molecule has 0 unspecified atom stereocenters. The van der Waals surface area contributed by atoms with Crippen molar-refractivity contribution in [3.63, 3.8) is 0 Å². The molecule has 0 atom stereocenters. The maximum atomic E-state index is 12.6. The minimum absolute atomic E-state index is 0.141. The molecule has 0 saturated carbocycles. The zero-order chi connectivity index (χ0) is 17.9. The van der Waals surface area contributed by atoms with Crippen LogP contribution < -0.4 is 5.32 Å². The van der Waals surface area contributed by atoms with E-state index < -0.39 is 33.8 Å². The van der Waals surface area contributed by atoms with E-state index in [1.807, 2.05) is 0 Å². The first-order chi connectivity index (χ1) is 11.2. The Balaban J connectivity index is 2.13. The number of imidazole rings is 1. The van der Waals surface area contributed by atoms with E-state index in [9.17, 15) is 28.1 Å². The normalized spacial score (nSPS) is 11.3. The van der Waals surface area contributed by atoms with E-state index in [0.29, 0.717) is 24.4 Å². The Morgan fingerprint density at radius 2 is 2.12 bits per heavy atom. The molecule has 128 valence electrons. The van der Waals surface area contributed by atoms with Crippen LogP contribution in [0.4, 0.5) is 18.9 Å². The van der Waals surface area contributed by atoms with Crippen molar-refractivity contribution in [1.82, 2.24) is 14.9 Å². The number of benzene rings is 1. The minimum atomic E-state index is -4.72. The number of halogens is 3. The lowest BCUT2D eigenvalue weighted by atomic mass is 10.1. The van der Waals surface area contributed by atoms with Crippen LogP contribution >= 0.6 is 0 Å². The molecule has 0 spiro atoms. The molecular weight excluding hydrogens is 329 g/mol. The Morgan fingerprint density at radius 1 is 1.42 bits per heavy atom. The number of nitrogens with one attached hydrogen (secondary N) is 1. The second kappa shape index (κ2) is 6.69. The SMILES string of the molecule is Cn1ccnc1CCNC(=O)c1ccc(C(F)(F)F)cc1[N+](=O)[O-]. The molecule has 0 bridgehead atoms. The van der Waals surface area contributed by atoms with Crippen LogP contribution in [-0.4, -0.2) is 26.9 Å². The van der Waals surface area contributed by atoms with Crippen molar-refractivity contribution in [3.8, 4) is 0 Å². The molecule has 7 nitrogen and oxygen atoms in total. The predicted molar refractivity (Wildman–Crippen MR) is 77.3 cm³/mol. The Labute approximate surface area is 134 Å². The van der Waals surface area contributed by atoms with Crippen LogP contribution in [0, 0.1) is 10.1 Å². The number of aryl methyl sites for hydroxylation is 1. The quantitative estimate of drug-likeness (QED) is 0.667. The Kier molecular flexibility index (Phi) is 4.86. The number of nitro benzene ring substituents is 1. The zero-order valence-corrected chi connectivity index (χ0v) is 12.5. The summed E-state index contributed by atoms with van der Waals surface area (Å²) >= 11 is 0. The summed E-state index contributed by atoms with van der Waals surface area (Å²) < 4.78 is 39.6. The monoisotopic (exact) mass is 342 g/mol. The number of nitro groups is 1. The number of hydrogen-bond acceptors (Lipinski definition) is 4. The smallest absolute Gasteiger partial charge is 0.351 e. The average Bonchev–Trinajstić information content (AvgIpc) is 2.91. The van der Waals surface area contributed by atoms with E-state index in [0.717, 1.165) is 6.07 Å². The lowest BCUT2D eigenvalue weighted by Crippen LogP contribution is -2.27. The van der Waals surface area contributed by atoms with Gasteiger partial charge in [-0.05, 0) is 12.1 Å².